The second-order valence-corrected chi connectivity index (χ2v) is 4.92. The second-order valence-electron chi connectivity index (χ2n) is 3.45. The highest BCUT2D eigenvalue weighted by Crippen LogP contribution is 2.23. The molecule has 0 N–H and O–H groups in total. The van der Waals surface area contributed by atoms with Gasteiger partial charge in [-0.2, -0.15) is 12.6 Å². The van der Waals surface area contributed by atoms with Crippen molar-refractivity contribution in [2.24, 2.45) is 5.92 Å². The van der Waals surface area contributed by atoms with Crippen molar-refractivity contribution >= 4 is 46.9 Å². The van der Waals surface area contributed by atoms with Gasteiger partial charge in [0, 0.05) is 13.0 Å². The lowest BCUT2D eigenvalue weighted by atomic mass is 10.1. The van der Waals surface area contributed by atoms with E-state index in [1.54, 1.807) is 17.3 Å². The molecule has 4 nitrogen and oxygen atoms in total. The van der Waals surface area contributed by atoms with E-state index >= 15 is 0 Å². The van der Waals surface area contributed by atoms with Gasteiger partial charge in [0.15, 0.2) is 5.82 Å². The molecule has 6 heteroatoms. The molecule has 0 bridgehead atoms. The van der Waals surface area contributed by atoms with Crippen LogP contribution in [0.5, 0.6) is 0 Å². The van der Waals surface area contributed by atoms with Gasteiger partial charge in [0.25, 0.3) is 0 Å². The first kappa shape index (κ1) is 11.1. The summed E-state index contributed by atoms with van der Waals surface area (Å²) < 4.78 is 0.828. The summed E-state index contributed by atoms with van der Waals surface area (Å²) in [5.74, 6) is 1.83. The minimum absolute atomic E-state index is 0.115. The van der Waals surface area contributed by atoms with Gasteiger partial charge >= 0.3 is 0 Å². The smallest absolute Gasteiger partial charge is 0.228 e. The number of hydrogen-bond acceptors (Lipinski definition) is 4. The van der Waals surface area contributed by atoms with E-state index in [0.29, 0.717) is 24.7 Å². The van der Waals surface area contributed by atoms with Gasteiger partial charge in [0.1, 0.15) is 3.70 Å². The van der Waals surface area contributed by atoms with Crippen LogP contribution in [0.3, 0.4) is 0 Å². The maximum Gasteiger partial charge on any atom is 0.228 e. The summed E-state index contributed by atoms with van der Waals surface area (Å²) in [5.41, 5.74) is 0. The Bertz CT molecular complexity index is 370. The van der Waals surface area contributed by atoms with Crippen LogP contribution in [0.25, 0.3) is 0 Å². The standard InChI is InChI=1S/C9H10IN3OS/c10-7-2-12-8(3-11-7)13-4-6(5-15)1-9(13)14/h2-3,6,15H,1,4-5H2. The monoisotopic (exact) mass is 335 g/mol. The summed E-state index contributed by atoms with van der Waals surface area (Å²) in [7, 11) is 0. The number of hydrogen-bond donors (Lipinski definition) is 1. The summed E-state index contributed by atoms with van der Waals surface area (Å²) in [6, 6.07) is 0. The quantitative estimate of drug-likeness (QED) is 0.656. The summed E-state index contributed by atoms with van der Waals surface area (Å²) in [4.78, 5) is 21.6. The minimum atomic E-state index is 0.115. The molecule has 2 heterocycles. The molecule has 1 unspecified atom stereocenters. The molecule has 0 saturated carbocycles. The fourth-order valence-corrected chi connectivity index (χ4v) is 2.09. The van der Waals surface area contributed by atoms with Crippen LogP contribution in [0.15, 0.2) is 12.4 Å². The highest BCUT2D eigenvalue weighted by Gasteiger charge is 2.30. The highest BCUT2D eigenvalue weighted by atomic mass is 127. The Morgan fingerprint density at radius 2 is 2.33 bits per heavy atom. The Morgan fingerprint density at radius 1 is 1.53 bits per heavy atom. The molecule has 1 fully saturated rings. The van der Waals surface area contributed by atoms with E-state index in [9.17, 15) is 4.79 Å². The lowest BCUT2D eigenvalue weighted by Crippen LogP contribution is -2.25. The van der Waals surface area contributed by atoms with Gasteiger partial charge in [-0.25, -0.2) is 9.97 Å². The Hall–Kier alpha value is -0.370. The Kier molecular flexibility index (Phi) is 3.45. The van der Waals surface area contributed by atoms with Gasteiger partial charge in [0.05, 0.1) is 12.4 Å². The lowest BCUT2D eigenvalue weighted by Gasteiger charge is -2.14. The third-order valence-electron chi connectivity index (χ3n) is 2.35. The van der Waals surface area contributed by atoms with Crippen LogP contribution in [0.2, 0.25) is 0 Å². The van der Waals surface area contributed by atoms with Gasteiger partial charge in [-0.15, -0.1) is 0 Å². The van der Waals surface area contributed by atoms with Crippen molar-refractivity contribution in [3.05, 3.63) is 16.1 Å². The first-order valence-corrected chi connectivity index (χ1v) is 6.30. The van der Waals surface area contributed by atoms with E-state index in [1.807, 2.05) is 0 Å². The molecule has 2 rings (SSSR count). The number of thiol groups is 1. The van der Waals surface area contributed by atoms with Gasteiger partial charge in [-0.3, -0.25) is 9.69 Å². The molecular formula is C9H10IN3OS. The number of rotatable bonds is 2. The van der Waals surface area contributed by atoms with Crippen molar-refractivity contribution in [2.75, 3.05) is 17.2 Å². The van der Waals surface area contributed by atoms with Gasteiger partial charge in [-0.05, 0) is 34.3 Å². The second kappa shape index (κ2) is 4.65. The summed E-state index contributed by atoms with van der Waals surface area (Å²) in [6.07, 6.45) is 3.87. The fourth-order valence-electron chi connectivity index (χ4n) is 1.57. The average Bonchev–Trinajstić information content (AvgIpc) is 2.61. The van der Waals surface area contributed by atoms with Crippen molar-refractivity contribution in [1.82, 2.24) is 9.97 Å². The maximum atomic E-state index is 11.7. The van der Waals surface area contributed by atoms with Crippen molar-refractivity contribution < 1.29 is 4.79 Å². The average molecular weight is 335 g/mol. The summed E-state index contributed by atoms with van der Waals surface area (Å²) >= 11 is 6.30. The Labute approximate surface area is 107 Å². The molecule has 1 aromatic heterocycles. The molecule has 0 aliphatic carbocycles. The Morgan fingerprint density at radius 3 is 2.87 bits per heavy atom. The number of nitrogens with zero attached hydrogens (tertiary/aromatic N) is 3. The van der Waals surface area contributed by atoms with E-state index in [1.165, 1.54) is 0 Å². The van der Waals surface area contributed by atoms with Crippen LogP contribution in [0, 0.1) is 9.62 Å². The maximum absolute atomic E-state index is 11.7. The zero-order valence-corrected chi connectivity index (χ0v) is 11.0. The first-order valence-electron chi connectivity index (χ1n) is 4.59. The number of carbonyl (C=O) groups excluding carboxylic acids is 1. The fraction of sp³-hybridized carbons (Fsp3) is 0.444. The van der Waals surface area contributed by atoms with Crippen LogP contribution >= 0.6 is 35.2 Å². The SMILES string of the molecule is O=C1CC(CS)CN1c1cnc(I)cn1. The summed E-state index contributed by atoms with van der Waals surface area (Å²) in [5, 5.41) is 0. The first-order chi connectivity index (χ1) is 7.20. The zero-order valence-electron chi connectivity index (χ0n) is 7.93. The van der Waals surface area contributed by atoms with Crippen molar-refractivity contribution in [2.45, 2.75) is 6.42 Å². The van der Waals surface area contributed by atoms with E-state index in [4.69, 9.17) is 0 Å². The molecule has 1 saturated heterocycles. The van der Waals surface area contributed by atoms with E-state index in [2.05, 4.69) is 45.2 Å². The Balaban J connectivity index is 2.18. The van der Waals surface area contributed by atoms with Crippen LogP contribution in [0.4, 0.5) is 5.82 Å². The van der Waals surface area contributed by atoms with E-state index in [0.717, 1.165) is 9.45 Å². The molecule has 1 aliphatic rings. The molecule has 80 valence electrons. The van der Waals surface area contributed by atoms with Gasteiger partial charge in [0.2, 0.25) is 5.91 Å². The molecular weight excluding hydrogens is 325 g/mol. The van der Waals surface area contributed by atoms with Crippen molar-refractivity contribution in [3.63, 3.8) is 0 Å². The van der Waals surface area contributed by atoms with Gasteiger partial charge < -0.3 is 0 Å². The number of anilines is 1. The minimum Gasteiger partial charge on any atom is -0.295 e. The lowest BCUT2D eigenvalue weighted by molar-refractivity contribution is -0.117. The number of carbonyl (C=O) groups is 1. The predicted octanol–water partition coefficient (Wildman–Crippen LogP) is 1.36. The molecule has 0 aromatic carbocycles. The topological polar surface area (TPSA) is 46.1 Å². The van der Waals surface area contributed by atoms with Crippen LogP contribution in [0.1, 0.15) is 6.42 Å². The molecule has 15 heavy (non-hydrogen) atoms. The van der Waals surface area contributed by atoms with Crippen LogP contribution in [-0.2, 0) is 4.79 Å². The third kappa shape index (κ3) is 2.41. The summed E-state index contributed by atoms with van der Waals surface area (Å²) in [6.45, 7) is 0.706. The van der Waals surface area contributed by atoms with E-state index < -0.39 is 0 Å². The number of halogens is 1. The largest absolute Gasteiger partial charge is 0.295 e. The number of aromatic nitrogens is 2. The van der Waals surface area contributed by atoms with Crippen LogP contribution in [-0.4, -0.2) is 28.2 Å². The zero-order chi connectivity index (χ0) is 10.8. The van der Waals surface area contributed by atoms with E-state index in [-0.39, 0.29) is 5.91 Å². The third-order valence-corrected chi connectivity index (χ3v) is 3.42. The van der Waals surface area contributed by atoms with Crippen molar-refractivity contribution in [3.8, 4) is 0 Å². The highest BCUT2D eigenvalue weighted by molar-refractivity contribution is 14.1. The van der Waals surface area contributed by atoms with Crippen LogP contribution < -0.4 is 4.90 Å². The molecule has 1 aliphatic heterocycles. The molecule has 0 spiro atoms. The van der Waals surface area contributed by atoms with Gasteiger partial charge in [-0.1, -0.05) is 0 Å². The normalized spacial score (nSPS) is 21.1. The number of amides is 1. The molecule has 1 aromatic rings. The molecule has 0 radical (unpaired) electrons. The predicted molar refractivity (Wildman–Crippen MR) is 69.1 cm³/mol. The van der Waals surface area contributed by atoms with Crippen molar-refractivity contribution in [1.29, 1.82) is 0 Å². The molecule has 1 atom stereocenters. The molecule has 1 amide bonds.